The zero-order chi connectivity index (χ0) is 19.2. The van der Waals surface area contributed by atoms with E-state index in [1.165, 1.54) is 12.1 Å². The zero-order valence-electron chi connectivity index (χ0n) is 14.9. The van der Waals surface area contributed by atoms with Crippen LogP contribution in [0.2, 0.25) is 0 Å². The van der Waals surface area contributed by atoms with Gasteiger partial charge in [0.1, 0.15) is 17.5 Å². The Hall–Kier alpha value is -2.67. The molecule has 1 fully saturated rings. The minimum absolute atomic E-state index is 0.254. The highest BCUT2D eigenvalue weighted by Gasteiger charge is 2.59. The normalized spacial score (nSPS) is 25.9. The first-order valence-corrected chi connectivity index (χ1v) is 9.17. The van der Waals surface area contributed by atoms with E-state index in [4.69, 9.17) is 21.7 Å². The van der Waals surface area contributed by atoms with E-state index in [1.54, 1.807) is 30.9 Å². The summed E-state index contributed by atoms with van der Waals surface area (Å²) < 4.78 is 25.5. The molecule has 2 aliphatic rings. The van der Waals surface area contributed by atoms with Gasteiger partial charge in [0, 0.05) is 11.3 Å². The van der Waals surface area contributed by atoms with Crippen molar-refractivity contribution in [2.24, 2.45) is 5.92 Å². The lowest BCUT2D eigenvalue weighted by molar-refractivity contribution is -0.159. The highest BCUT2D eigenvalue weighted by atomic mass is 32.1. The van der Waals surface area contributed by atoms with Gasteiger partial charge in [0.15, 0.2) is 5.11 Å². The molecule has 2 aromatic carbocycles. The highest BCUT2D eigenvalue weighted by Crippen LogP contribution is 2.49. The Kier molecular flexibility index (Phi) is 4.26. The molecule has 0 saturated carbocycles. The minimum atomic E-state index is -1.17. The summed E-state index contributed by atoms with van der Waals surface area (Å²) in [6, 6.07) is 13.2. The number of nitrogens with one attached hydrogen (secondary N) is 1. The van der Waals surface area contributed by atoms with Crippen LogP contribution in [0.15, 0.2) is 48.5 Å². The Morgan fingerprint density at radius 2 is 2.11 bits per heavy atom. The van der Waals surface area contributed by atoms with Crippen LogP contribution in [-0.4, -0.2) is 23.4 Å². The van der Waals surface area contributed by atoms with Crippen LogP contribution in [0, 0.1) is 11.7 Å². The summed E-state index contributed by atoms with van der Waals surface area (Å²) in [5, 5.41) is 3.60. The number of rotatable bonds is 3. The third-order valence-electron chi connectivity index (χ3n) is 5.01. The number of nitrogens with zero attached hydrogens (tertiary/aromatic N) is 1. The lowest BCUT2D eigenvalue weighted by Crippen LogP contribution is -2.71. The van der Waals surface area contributed by atoms with Crippen molar-refractivity contribution in [2.45, 2.75) is 25.6 Å². The maximum absolute atomic E-state index is 13.9. The van der Waals surface area contributed by atoms with Gasteiger partial charge in [-0.25, -0.2) is 4.39 Å². The van der Waals surface area contributed by atoms with Crippen molar-refractivity contribution in [1.29, 1.82) is 0 Å². The number of carbonyl (C=O) groups excluding carboxylic acids is 1. The summed E-state index contributed by atoms with van der Waals surface area (Å²) in [4.78, 5) is 14.5. The van der Waals surface area contributed by atoms with Crippen molar-refractivity contribution in [2.75, 3.05) is 11.5 Å². The van der Waals surface area contributed by atoms with Crippen LogP contribution in [0.1, 0.15) is 25.5 Å². The van der Waals surface area contributed by atoms with Crippen molar-refractivity contribution in [3.05, 3.63) is 59.9 Å². The fraction of sp³-hybridized carbons (Fsp3) is 0.300. The number of thiocarbonyl (C=S) groups is 1. The average molecular weight is 386 g/mol. The summed E-state index contributed by atoms with van der Waals surface area (Å²) in [5.41, 5.74) is 0.179. The van der Waals surface area contributed by atoms with Gasteiger partial charge in [-0.3, -0.25) is 9.69 Å². The molecule has 0 spiro atoms. The van der Waals surface area contributed by atoms with Crippen molar-refractivity contribution in [3.63, 3.8) is 0 Å². The number of para-hydroxylation sites is 1. The number of ether oxygens (including phenoxy) is 2. The van der Waals surface area contributed by atoms with Gasteiger partial charge in [-0.2, -0.15) is 0 Å². The summed E-state index contributed by atoms with van der Waals surface area (Å²) in [6.07, 6.45) is 0. The molecule has 1 saturated heterocycles. The van der Waals surface area contributed by atoms with Gasteiger partial charge in [-0.05, 0) is 50.3 Å². The molecule has 1 N–H and O–H groups in total. The lowest BCUT2D eigenvalue weighted by atomic mass is 9.79. The smallest absolute Gasteiger partial charge is 0.317 e. The second-order valence-electron chi connectivity index (χ2n) is 6.67. The molecule has 5 nitrogen and oxygen atoms in total. The maximum Gasteiger partial charge on any atom is 0.317 e. The predicted molar refractivity (Wildman–Crippen MR) is 103 cm³/mol. The molecule has 0 aliphatic carbocycles. The predicted octanol–water partition coefficient (Wildman–Crippen LogP) is 3.55. The summed E-state index contributed by atoms with van der Waals surface area (Å²) in [5.74, 6) is -0.829. The fourth-order valence-corrected chi connectivity index (χ4v) is 4.34. The minimum Gasteiger partial charge on any atom is -0.466 e. The second kappa shape index (κ2) is 6.49. The number of fused-ring (bicyclic) bond motifs is 4. The van der Waals surface area contributed by atoms with Gasteiger partial charge in [0.2, 0.25) is 5.72 Å². The lowest BCUT2D eigenvalue weighted by Gasteiger charge is -2.55. The Morgan fingerprint density at radius 1 is 1.33 bits per heavy atom. The quantitative estimate of drug-likeness (QED) is 0.643. The van der Waals surface area contributed by atoms with Crippen LogP contribution in [-0.2, 0) is 9.53 Å². The number of hydrogen-bond acceptors (Lipinski definition) is 4. The summed E-state index contributed by atoms with van der Waals surface area (Å²) >= 11 is 5.57. The third-order valence-corrected chi connectivity index (χ3v) is 5.31. The molecule has 0 radical (unpaired) electrons. The second-order valence-corrected chi connectivity index (χ2v) is 7.05. The number of hydrogen-bond donors (Lipinski definition) is 1. The highest BCUT2D eigenvalue weighted by molar-refractivity contribution is 7.80. The molecule has 2 aliphatic heterocycles. The van der Waals surface area contributed by atoms with E-state index in [0.717, 1.165) is 5.56 Å². The first-order valence-electron chi connectivity index (χ1n) is 8.76. The standard InChI is InChI=1S/C20H19FN2O3S/c1-3-25-18(24)16-17-14-9-4-5-10-15(14)26-20(16,2)23(19(27)22-17)13-8-6-7-12(21)11-13/h4-11,16-17H,3H2,1-2H3,(H,22,27)/t16-,17-,20+/m1/s1. The van der Waals surface area contributed by atoms with Crippen LogP contribution >= 0.6 is 12.2 Å². The van der Waals surface area contributed by atoms with Gasteiger partial charge in [-0.1, -0.05) is 24.3 Å². The van der Waals surface area contributed by atoms with E-state index >= 15 is 0 Å². The molecule has 3 atom stereocenters. The number of carbonyl (C=O) groups is 1. The first kappa shape index (κ1) is 17.7. The Balaban J connectivity index is 1.89. The first-order chi connectivity index (χ1) is 13.0. The number of benzene rings is 2. The van der Waals surface area contributed by atoms with Gasteiger partial charge in [0.25, 0.3) is 0 Å². The number of anilines is 1. The van der Waals surface area contributed by atoms with E-state index in [-0.39, 0.29) is 6.61 Å². The van der Waals surface area contributed by atoms with Crippen molar-refractivity contribution >= 4 is 29.0 Å². The molecule has 2 heterocycles. The molecule has 2 bridgehead atoms. The van der Waals surface area contributed by atoms with Crippen LogP contribution in [0.5, 0.6) is 5.75 Å². The largest absolute Gasteiger partial charge is 0.466 e. The van der Waals surface area contributed by atoms with Crippen LogP contribution in [0.3, 0.4) is 0 Å². The van der Waals surface area contributed by atoms with E-state index < -0.39 is 29.5 Å². The molecular weight excluding hydrogens is 367 g/mol. The SMILES string of the molecule is CCOC(=O)[C@H]1[C@@H]2NC(=S)N(c3cccc(F)c3)[C@@]1(C)Oc1ccccc12. The van der Waals surface area contributed by atoms with E-state index in [2.05, 4.69) is 5.32 Å². The molecule has 0 aromatic heterocycles. The maximum atomic E-state index is 13.9. The van der Waals surface area contributed by atoms with E-state index in [1.807, 2.05) is 24.3 Å². The van der Waals surface area contributed by atoms with Crippen LogP contribution < -0.4 is 15.0 Å². The number of halogens is 1. The monoisotopic (exact) mass is 386 g/mol. The Labute approximate surface area is 162 Å². The Morgan fingerprint density at radius 3 is 2.85 bits per heavy atom. The van der Waals surface area contributed by atoms with Crippen molar-refractivity contribution < 1.29 is 18.7 Å². The van der Waals surface area contributed by atoms with Crippen molar-refractivity contribution in [1.82, 2.24) is 5.32 Å². The van der Waals surface area contributed by atoms with Gasteiger partial charge >= 0.3 is 5.97 Å². The molecule has 27 heavy (non-hydrogen) atoms. The average Bonchev–Trinajstić information content (AvgIpc) is 2.61. The summed E-state index contributed by atoms with van der Waals surface area (Å²) in [6.45, 7) is 3.80. The fourth-order valence-electron chi connectivity index (χ4n) is 3.93. The molecular formula is C20H19FN2O3S. The molecule has 4 rings (SSSR count). The van der Waals surface area contributed by atoms with E-state index in [9.17, 15) is 9.18 Å². The molecule has 7 heteroatoms. The number of esters is 1. The van der Waals surface area contributed by atoms with Gasteiger partial charge < -0.3 is 14.8 Å². The molecule has 2 aromatic rings. The van der Waals surface area contributed by atoms with Crippen LogP contribution in [0.4, 0.5) is 10.1 Å². The zero-order valence-corrected chi connectivity index (χ0v) is 15.8. The molecule has 140 valence electrons. The van der Waals surface area contributed by atoms with E-state index in [0.29, 0.717) is 16.5 Å². The van der Waals surface area contributed by atoms with Gasteiger partial charge in [-0.15, -0.1) is 0 Å². The van der Waals surface area contributed by atoms with Gasteiger partial charge in [0.05, 0.1) is 12.6 Å². The topological polar surface area (TPSA) is 50.8 Å². The Bertz CT molecular complexity index is 922. The molecule has 0 unspecified atom stereocenters. The molecule has 0 amide bonds. The summed E-state index contributed by atoms with van der Waals surface area (Å²) in [7, 11) is 0. The third kappa shape index (κ3) is 2.73. The van der Waals surface area contributed by atoms with Crippen molar-refractivity contribution in [3.8, 4) is 5.75 Å². The van der Waals surface area contributed by atoms with Crippen LogP contribution in [0.25, 0.3) is 0 Å².